The number of nitrogens with zero attached hydrogens (tertiary/aromatic N) is 1. The van der Waals surface area contributed by atoms with Gasteiger partial charge in [-0.25, -0.2) is 0 Å². The van der Waals surface area contributed by atoms with Crippen molar-refractivity contribution < 1.29 is 20.1 Å². The summed E-state index contributed by atoms with van der Waals surface area (Å²) >= 11 is 0. The number of carboxylic acids is 1. The molecule has 37 heavy (non-hydrogen) atoms. The summed E-state index contributed by atoms with van der Waals surface area (Å²) < 4.78 is 0. The second-order valence-corrected chi connectivity index (χ2v) is 16.1. The fourth-order valence-electron chi connectivity index (χ4n) is 11.7. The van der Waals surface area contributed by atoms with Gasteiger partial charge in [-0.15, -0.1) is 0 Å². The van der Waals surface area contributed by atoms with Gasteiger partial charge in [0.1, 0.15) is 5.76 Å². The Morgan fingerprint density at radius 3 is 2.24 bits per heavy atom. The lowest BCUT2D eigenvalue weighted by molar-refractivity contribution is -0.269. The summed E-state index contributed by atoms with van der Waals surface area (Å²) in [6, 6.07) is 2.33. The molecule has 0 aromatic carbocycles. The van der Waals surface area contributed by atoms with Crippen molar-refractivity contribution in [3.63, 3.8) is 0 Å². The van der Waals surface area contributed by atoms with Crippen molar-refractivity contribution in [2.75, 3.05) is 0 Å². The van der Waals surface area contributed by atoms with E-state index in [-0.39, 0.29) is 62.9 Å². The van der Waals surface area contributed by atoms with E-state index in [4.69, 9.17) is 0 Å². The molecule has 0 amide bonds. The molecule has 4 saturated carbocycles. The fraction of sp³-hybridized carbons (Fsp3) is 0.875. The van der Waals surface area contributed by atoms with E-state index in [9.17, 15) is 25.4 Å². The van der Waals surface area contributed by atoms with Crippen molar-refractivity contribution in [2.24, 2.45) is 56.2 Å². The first-order valence-corrected chi connectivity index (χ1v) is 14.7. The van der Waals surface area contributed by atoms with E-state index >= 15 is 0 Å². The Bertz CT molecular complexity index is 1070. The normalized spacial score (nSPS) is 50.1. The van der Waals surface area contributed by atoms with Gasteiger partial charge in [-0.1, -0.05) is 48.5 Å². The van der Waals surface area contributed by atoms with Gasteiger partial charge in [0.2, 0.25) is 0 Å². The number of rotatable bonds is 2. The SMILES string of the molecule is CC1(C)CC[C@]2(CC(=O)O)CC[C@]3(C)C(C2C1)[C@H](O)C[C@@H]1[C@@]2(C)CC(C#N)=C(O)C(C)(C)[C@@H]2CC[C@]13C. The van der Waals surface area contributed by atoms with E-state index in [1.165, 1.54) is 0 Å². The lowest BCUT2D eigenvalue weighted by Crippen LogP contribution is -2.69. The molecule has 5 rings (SSSR count). The molecule has 2 unspecified atom stereocenters. The van der Waals surface area contributed by atoms with Crippen LogP contribution in [0.5, 0.6) is 0 Å². The Labute approximate surface area is 223 Å². The molecule has 0 spiro atoms. The van der Waals surface area contributed by atoms with E-state index in [0.717, 1.165) is 44.9 Å². The maximum Gasteiger partial charge on any atom is 0.303 e. The average molecular weight is 512 g/mol. The third-order valence-electron chi connectivity index (χ3n) is 13.6. The number of allylic oxidation sites excluding steroid dienone is 2. The van der Waals surface area contributed by atoms with E-state index < -0.39 is 17.5 Å². The van der Waals surface area contributed by atoms with E-state index in [2.05, 4.69) is 54.5 Å². The van der Waals surface area contributed by atoms with Crippen LogP contribution in [0.15, 0.2) is 11.3 Å². The number of aliphatic carboxylic acids is 1. The molecule has 5 nitrogen and oxygen atoms in total. The smallest absolute Gasteiger partial charge is 0.303 e. The van der Waals surface area contributed by atoms with Crippen LogP contribution >= 0.6 is 0 Å². The third kappa shape index (κ3) is 3.46. The summed E-state index contributed by atoms with van der Waals surface area (Å²) in [7, 11) is 0. The lowest BCUT2D eigenvalue weighted by Gasteiger charge is -2.74. The molecule has 0 aromatic heterocycles. The summed E-state index contributed by atoms with van der Waals surface area (Å²) in [5.74, 6) is 0.376. The van der Waals surface area contributed by atoms with Crippen molar-refractivity contribution in [1.29, 1.82) is 5.26 Å². The van der Waals surface area contributed by atoms with Gasteiger partial charge in [0.15, 0.2) is 0 Å². The summed E-state index contributed by atoms with van der Waals surface area (Å²) in [6.45, 7) is 16.1. The Hall–Kier alpha value is -1.54. The van der Waals surface area contributed by atoms with Crippen molar-refractivity contribution in [3.05, 3.63) is 11.3 Å². The monoisotopic (exact) mass is 511 g/mol. The zero-order chi connectivity index (χ0) is 27.4. The number of aliphatic hydroxyl groups is 2. The van der Waals surface area contributed by atoms with Gasteiger partial charge >= 0.3 is 5.97 Å². The van der Waals surface area contributed by atoms with Crippen molar-refractivity contribution in [3.8, 4) is 6.07 Å². The second kappa shape index (κ2) is 8.00. The van der Waals surface area contributed by atoms with Crippen LogP contribution in [0.2, 0.25) is 0 Å². The number of hydrogen-bond acceptors (Lipinski definition) is 4. The quantitative estimate of drug-likeness (QED) is 0.362. The maximum absolute atomic E-state index is 12.1. The van der Waals surface area contributed by atoms with Gasteiger partial charge in [0.25, 0.3) is 0 Å². The molecule has 4 fully saturated rings. The molecule has 206 valence electrons. The van der Waals surface area contributed by atoms with Crippen molar-refractivity contribution >= 4 is 5.97 Å². The first kappa shape index (κ1) is 27.0. The van der Waals surface area contributed by atoms with E-state index in [1.807, 2.05) is 0 Å². The highest BCUT2D eigenvalue weighted by atomic mass is 16.4. The molecule has 0 aromatic rings. The number of nitriles is 1. The Kier molecular flexibility index (Phi) is 5.84. The number of fused-ring (bicyclic) bond motifs is 7. The zero-order valence-corrected chi connectivity index (χ0v) is 24.2. The maximum atomic E-state index is 12.1. The fourth-order valence-corrected chi connectivity index (χ4v) is 11.7. The van der Waals surface area contributed by atoms with Crippen LogP contribution in [0.1, 0.15) is 113 Å². The third-order valence-corrected chi connectivity index (χ3v) is 13.6. The number of carboxylic acid groups (broad SMARTS) is 1. The molecule has 9 atom stereocenters. The van der Waals surface area contributed by atoms with Gasteiger partial charge in [0, 0.05) is 5.41 Å². The number of hydrogen-bond donors (Lipinski definition) is 3. The Balaban J connectivity index is 1.60. The number of aliphatic hydroxyl groups excluding tert-OH is 2. The molecule has 0 radical (unpaired) electrons. The minimum absolute atomic E-state index is 0.0112. The van der Waals surface area contributed by atoms with Gasteiger partial charge in [-0.2, -0.15) is 5.26 Å². The van der Waals surface area contributed by atoms with Crippen molar-refractivity contribution in [1.82, 2.24) is 0 Å². The molecule has 5 heteroatoms. The average Bonchev–Trinajstić information content (AvgIpc) is 2.78. The molecule has 0 bridgehead atoms. The predicted octanol–water partition coefficient (Wildman–Crippen LogP) is 7.26. The van der Waals surface area contributed by atoms with Gasteiger partial charge in [-0.05, 0) is 109 Å². The number of carbonyl (C=O) groups is 1. The second-order valence-electron chi connectivity index (χ2n) is 16.1. The van der Waals surface area contributed by atoms with E-state index in [0.29, 0.717) is 18.4 Å². The molecular weight excluding hydrogens is 462 g/mol. The highest BCUT2D eigenvalue weighted by molar-refractivity contribution is 5.68. The van der Waals surface area contributed by atoms with Gasteiger partial charge < -0.3 is 15.3 Å². The molecule has 3 N–H and O–H groups in total. The van der Waals surface area contributed by atoms with Crippen LogP contribution in [0.25, 0.3) is 0 Å². The molecule has 5 aliphatic carbocycles. The molecule has 5 aliphatic rings. The summed E-state index contributed by atoms with van der Waals surface area (Å²) in [6.07, 6.45) is 7.97. The Morgan fingerprint density at radius 2 is 1.62 bits per heavy atom. The predicted molar refractivity (Wildman–Crippen MR) is 143 cm³/mol. The Morgan fingerprint density at radius 1 is 0.973 bits per heavy atom. The lowest BCUT2D eigenvalue weighted by atomic mass is 9.31. The van der Waals surface area contributed by atoms with E-state index in [1.54, 1.807) is 0 Å². The first-order chi connectivity index (χ1) is 17.0. The summed E-state index contributed by atoms with van der Waals surface area (Å²) in [5.41, 5.74) is -0.280. The standard InChI is InChI=1S/C32H49NO4/c1-27(2)10-12-32(17-24(35)36)13-11-31(7)25(20(32)16-27)21(34)14-23-29(5)15-19(18-33)26(37)28(3,4)22(29)8-9-30(23,31)6/h20-23,25,34,37H,8-17H2,1-7H3,(H,35,36)/t20?,21-,22+,23-,25?,29+,30-,31-,32-/m1/s1. The highest BCUT2D eigenvalue weighted by Gasteiger charge is 2.72. The van der Waals surface area contributed by atoms with Crippen LogP contribution in [0, 0.1) is 67.5 Å². The first-order valence-electron chi connectivity index (χ1n) is 14.7. The highest BCUT2D eigenvalue weighted by Crippen LogP contribution is 2.77. The molecule has 0 saturated heterocycles. The largest absolute Gasteiger partial charge is 0.511 e. The van der Waals surface area contributed by atoms with Crippen LogP contribution in [-0.4, -0.2) is 27.4 Å². The van der Waals surface area contributed by atoms with Gasteiger partial charge in [-0.3, -0.25) is 4.79 Å². The van der Waals surface area contributed by atoms with Crippen LogP contribution in [0.3, 0.4) is 0 Å². The summed E-state index contributed by atoms with van der Waals surface area (Å²) in [5, 5.41) is 43.1. The van der Waals surface area contributed by atoms with Crippen LogP contribution in [-0.2, 0) is 4.79 Å². The zero-order valence-electron chi connectivity index (χ0n) is 24.2. The topological polar surface area (TPSA) is 102 Å². The molecule has 0 heterocycles. The minimum atomic E-state index is -0.698. The van der Waals surface area contributed by atoms with Crippen LogP contribution in [0.4, 0.5) is 0 Å². The van der Waals surface area contributed by atoms with Gasteiger partial charge in [0.05, 0.1) is 24.2 Å². The minimum Gasteiger partial charge on any atom is -0.511 e. The van der Waals surface area contributed by atoms with Crippen LogP contribution < -0.4 is 0 Å². The molecular formula is C32H49NO4. The summed E-state index contributed by atoms with van der Waals surface area (Å²) in [4.78, 5) is 12.1. The molecule has 0 aliphatic heterocycles. The van der Waals surface area contributed by atoms with Crippen molar-refractivity contribution in [2.45, 2.75) is 119 Å².